The summed E-state index contributed by atoms with van der Waals surface area (Å²) in [6, 6.07) is 19.1. The highest BCUT2D eigenvalue weighted by atomic mass is 16.5. The summed E-state index contributed by atoms with van der Waals surface area (Å²) < 4.78 is 5.15. The molecule has 4 rings (SSSR count). The number of anilines is 1. The average Bonchev–Trinajstić information content (AvgIpc) is 2.86. The minimum absolute atomic E-state index is 0.161. The van der Waals surface area contributed by atoms with Crippen molar-refractivity contribution in [3.05, 3.63) is 94.5 Å². The Hall–Kier alpha value is -4.33. The van der Waals surface area contributed by atoms with E-state index in [1.54, 1.807) is 48.2 Å². The predicted molar refractivity (Wildman–Crippen MR) is 127 cm³/mol. The molecule has 0 unspecified atom stereocenters. The Morgan fingerprint density at radius 1 is 0.971 bits per heavy atom. The molecule has 2 N–H and O–H groups in total. The number of amides is 3. The molecule has 1 aliphatic rings. The Bertz CT molecular complexity index is 1220. The minimum Gasteiger partial charge on any atom is -0.497 e. The number of nitrogens with one attached hydrogen (secondary N) is 1. The van der Waals surface area contributed by atoms with Crippen molar-refractivity contribution in [3.8, 4) is 5.75 Å². The predicted octanol–water partition coefficient (Wildman–Crippen LogP) is 3.90. The Balaban J connectivity index is 1.46. The Labute approximate surface area is 197 Å². The van der Waals surface area contributed by atoms with Crippen LogP contribution in [0.2, 0.25) is 0 Å². The number of urea groups is 1. The normalized spacial score (nSPS) is 12.8. The van der Waals surface area contributed by atoms with Crippen molar-refractivity contribution < 1.29 is 24.2 Å². The standard InChI is InChI=1S/C26H25N3O5/c1-28-23-12-9-20(24(30)27-14-17-5-10-22(34-2)11-6-17)13-21(23)16-29(26(28)33)15-18-3-7-19(8-4-18)25(31)32/h3-13H,14-16H2,1-2H3,(H,27,30)(H,31,32). The van der Waals surface area contributed by atoms with Crippen LogP contribution >= 0.6 is 0 Å². The van der Waals surface area contributed by atoms with Crippen LogP contribution in [0.3, 0.4) is 0 Å². The van der Waals surface area contributed by atoms with Gasteiger partial charge < -0.3 is 20.1 Å². The van der Waals surface area contributed by atoms with Crippen LogP contribution in [0.15, 0.2) is 66.7 Å². The van der Waals surface area contributed by atoms with Crippen molar-refractivity contribution in [1.82, 2.24) is 10.2 Å². The van der Waals surface area contributed by atoms with Gasteiger partial charge in [-0.2, -0.15) is 0 Å². The maximum Gasteiger partial charge on any atom is 0.335 e. The third-order valence-electron chi connectivity index (χ3n) is 5.81. The lowest BCUT2D eigenvalue weighted by Crippen LogP contribution is -2.44. The molecule has 1 aliphatic heterocycles. The fraction of sp³-hybridized carbons (Fsp3) is 0.192. The summed E-state index contributed by atoms with van der Waals surface area (Å²) >= 11 is 0. The lowest BCUT2D eigenvalue weighted by molar-refractivity contribution is 0.0696. The van der Waals surface area contributed by atoms with Gasteiger partial charge in [0.05, 0.1) is 18.4 Å². The van der Waals surface area contributed by atoms with Crippen molar-refractivity contribution in [2.45, 2.75) is 19.6 Å². The van der Waals surface area contributed by atoms with Gasteiger partial charge in [-0.25, -0.2) is 9.59 Å². The zero-order valence-electron chi connectivity index (χ0n) is 18.9. The van der Waals surface area contributed by atoms with E-state index < -0.39 is 5.97 Å². The largest absolute Gasteiger partial charge is 0.497 e. The summed E-state index contributed by atoms with van der Waals surface area (Å²) in [5, 5.41) is 12.0. The molecule has 0 saturated carbocycles. The van der Waals surface area contributed by atoms with Gasteiger partial charge in [0.2, 0.25) is 0 Å². The summed E-state index contributed by atoms with van der Waals surface area (Å²) in [7, 11) is 3.30. The summed E-state index contributed by atoms with van der Waals surface area (Å²) in [5.41, 5.74) is 4.11. The summed E-state index contributed by atoms with van der Waals surface area (Å²) in [6.45, 7) is 1.06. The van der Waals surface area contributed by atoms with Crippen molar-refractivity contribution in [2.75, 3.05) is 19.1 Å². The molecule has 8 heteroatoms. The molecule has 8 nitrogen and oxygen atoms in total. The quantitative estimate of drug-likeness (QED) is 0.558. The molecule has 0 saturated heterocycles. The van der Waals surface area contributed by atoms with E-state index in [-0.39, 0.29) is 17.5 Å². The molecule has 0 bridgehead atoms. The van der Waals surface area contributed by atoms with Crippen LogP contribution in [0, 0.1) is 0 Å². The number of carbonyl (C=O) groups is 3. The summed E-state index contributed by atoms with van der Waals surface area (Å²) in [5.74, 6) is -0.438. The van der Waals surface area contributed by atoms with Gasteiger partial charge in [0, 0.05) is 32.2 Å². The molecule has 1 heterocycles. The van der Waals surface area contributed by atoms with Gasteiger partial charge in [-0.1, -0.05) is 24.3 Å². The molecule has 0 spiro atoms. The average molecular weight is 460 g/mol. The van der Waals surface area contributed by atoms with Crippen molar-refractivity contribution in [3.63, 3.8) is 0 Å². The van der Waals surface area contributed by atoms with E-state index in [1.807, 2.05) is 30.3 Å². The number of hydrogen-bond acceptors (Lipinski definition) is 4. The fourth-order valence-corrected chi connectivity index (χ4v) is 3.89. The Kier molecular flexibility index (Phi) is 6.49. The highest BCUT2D eigenvalue weighted by Gasteiger charge is 2.28. The van der Waals surface area contributed by atoms with E-state index in [4.69, 9.17) is 9.84 Å². The minimum atomic E-state index is -0.993. The fourth-order valence-electron chi connectivity index (χ4n) is 3.89. The first-order chi connectivity index (χ1) is 16.4. The lowest BCUT2D eigenvalue weighted by atomic mass is 10.0. The summed E-state index contributed by atoms with van der Waals surface area (Å²) in [4.78, 5) is 39.9. The van der Waals surface area contributed by atoms with Gasteiger partial charge >= 0.3 is 12.0 Å². The second-order valence-electron chi connectivity index (χ2n) is 8.07. The molecular formula is C26H25N3O5. The monoisotopic (exact) mass is 459 g/mol. The molecule has 3 aromatic carbocycles. The molecule has 3 amide bonds. The third kappa shape index (κ3) is 4.85. The number of nitrogens with zero attached hydrogens (tertiary/aromatic N) is 2. The maximum atomic E-state index is 12.9. The molecule has 0 aliphatic carbocycles. The van der Waals surface area contributed by atoms with Crippen molar-refractivity contribution in [1.29, 1.82) is 0 Å². The number of ether oxygens (including phenoxy) is 1. The van der Waals surface area contributed by atoms with Crippen LogP contribution in [0.1, 0.15) is 37.4 Å². The molecule has 174 valence electrons. The van der Waals surface area contributed by atoms with Crippen LogP contribution in [0.4, 0.5) is 10.5 Å². The van der Waals surface area contributed by atoms with E-state index in [2.05, 4.69) is 5.32 Å². The van der Waals surface area contributed by atoms with Gasteiger partial charge in [-0.3, -0.25) is 9.69 Å². The zero-order chi connectivity index (χ0) is 24.2. The number of carbonyl (C=O) groups excluding carboxylic acids is 2. The number of rotatable bonds is 7. The van der Waals surface area contributed by atoms with E-state index in [1.165, 1.54) is 12.1 Å². The first-order valence-electron chi connectivity index (χ1n) is 10.7. The summed E-state index contributed by atoms with van der Waals surface area (Å²) in [6.07, 6.45) is 0. The number of aromatic carboxylic acids is 1. The zero-order valence-corrected chi connectivity index (χ0v) is 18.9. The van der Waals surface area contributed by atoms with Crippen LogP contribution < -0.4 is 15.0 Å². The molecule has 0 radical (unpaired) electrons. The van der Waals surface area contributed by atoms with Gasteiger partial charge in [-0.15, -0.1) is 0 Å². The van der Waals surface area contributed by atoms with Gasteiger partial charge in [0.1, 0.15) is 5.75 Å². The number of methoxy groups -OCH3 is 1. The van der Waals surface area contributed by atoms with E-state index in [0.717, 1.165) is 28.1 Å². The molecule has 0 fully saturated rings. The van der Waals surface area contributed by atoms with Crippen LogP contribution in [0.25, 0.3) is 0 Å². The van der Waals surface area contributed by atoms with E-state index in [9.17, 15) is 14.4 Å². The molecule has 0 aromatic heterocycles. The van der Waals surface area contributed by atoms with E-state index in [0.29, 0.717) is 25.2 Å². The van der Waals surface area contributed by atoms with Crippen molar-refractivity contribution >= 4 is 23.6 Å². The van der Waals surface area contributed by atoms with Gasteiger partial charge in [0.25, 0.3) is 5.91 Å². The second kappa shape index (κ2) is 9.66. The highest BCUT2D eigenvalue weighted by Crippen LogP contribution is 2.29. The SMILES string of the molecule is COc1ccc(CNC(=O)c2ccc3c(c2)CN(Cc2ccc(C(=O)O)cc2)C(=O)N3C)cc1. The van der Waals surface area contributed by atoms with Crippen LogP contribution in [0.5, 0.6) is 5.75 Å². The highest BCUT2D eigenvalue weighted by molar-refractivity contribution is 5.98. The van der Waals surface area contributed by atoms with Crippen LogP contribution in [-0.2, 0) is 19.6 Å². The molecule has 0 atom stereocenters. The first-order valence-corrected chi connectivity index (χ1v) is 10.7. The second-order valence-corrected chi connectivity index (χ2v) is 8.07. The number of fused-ring (bicyclic) bond motifs is 1. The van der Waals surface area contributed by atoms with Crippen molar-refractivity contribution in [2.24, 2.45) is 0 Å². The molecule has 3 aromatic rings. The topological polar surface area (TPSA) is 99.2 Å². The van der Waals surface area contributed by atoms with Gasteiger partial charge in [0.15, 0.2) is 0 Å². The first kappa shape index (κ1) is 22.8. The van der Waals surface area contributed by atoms with E-state index >= 15 is 0 Å². The van der Waals surface area contributed by atoms with Gasteiger partial charge in [-0.05, 0) is 59.2 Å². The molecular weight excluding hydrogens is 434 g/mol. The number of carboxylic acid groups (broad SMARTS) is 1. The third-order valence-corrected chi connectivity index (χ3v) is 5.81. The number of carboxylic acids is 1. The van der Waals surface area contributed by atoms with Crippen LogP contribution in [-0.4, -0.2) is 42.1 Å². The smallest absolute Gasteiger partial charge is 0.335 e. The maximum absolute atomic E-state index is 12.9. The number of hydrogen-bond donors (Lipinski definition) is 2. The Morgan fingerprint density at radius 2 is 1.62 bits per heavy atom. The number of benzene rings is 3. The molecule has 34 heavy (non-hydrogen) atoms. The lowest BCUT2D eigenvalue weighted by Gasteiger charge is -2.35. The Morgan fingerprint density at radius 3 is 2.26 bits per heavy atom.